The van der Waals surface area contributed by atoms with Crippen LogP contribution in [0.2, 0.25) is 0 Å². The third-order valence-corrected chi connectivity index (χ3v) is 8.00. The molecule has 1 spiro atoms. The van der Waals surface area contributed by atoms with E-state index in [0.29, 0.717) is 5.92 Å². The molecule has 3 saturated carbocycles. The lowest BCUT2D eigenvalue weighted by Gasteiger charge is -2.50. The zero-order valence-electron chi connectivity index (χ0n) is 13.1. The summed E-state index contributed by atoms with van der Waals surface area (Å²) in [6.07, 6.45) is 6.48. The van der Waals surface area contributed by atoms with Gasteiger partial charge in [-0.05, 0) is 71.5 Å². The van der Waals surface area contributed by atoms with Crippen molar-refractivity contribution in [2.45, 2.75) is 37.8 Å². The van der Waals surface area contributed by atoms with Crippen LogP contribution in [-0.4, -0.2) is 17.8 Å². The fourth-order valence-corrected chi connectivity index (χ4v) is 6.33. The fourth-order valence-electron chi connectivity index (χ4n) is 4.65. The first-order chi connectivity index (χ1) is 11.2. The molecule has 1 atom stereocenters. The lowest BCUT2D eigenvalue weighted by atomic mass is 9.65. The van der Waals surface area contributed by atoms with Gasteiger partial charge in [0.2, 0.25) is 0 Å². The lowest BCUT2D eigenvalue weighted by molar-refractivity contribution is -0.193. The van der Waals surface area contributed by atoms with Crippen molar-refractivity contribution in [2.75, 3.05) is 12.2 Å². The van der Waals surface area contributed by atoms with Crippen molar-refractivity contribution in [3.8, 4) is 0 Å². The van der Waals surface area contributed by atoms with E-state index in [1.807, 2.05) is 0 Å². The molecule has 0 radical (unpaired) electrons. The van der Waals surface area contributed by atoms with Gasteiger partial charge in [0.25, 0.3) is 0 Å². The van der Waals surface area contributed by atoms with E-state index in [0.717, 1.165) is 16.8 Å². The van der Waals surface area contributed by atoms with Gasteiger partial charge in [0, 0.05) is 17.4 Å². The summed E-state index contributed by atoms with van der Waals surface area (Å²) in [6.45, 7) is 0. The van der Waals surface area contributed by atoms with E-state index in [1.165, 1.54) is 40.8 Å². The molecule has 1 aromatic heterocycles. The molecule has 23 heavy (non-hydrogen) atoms. The highest BCUT2D eigenvalue weighted by Gasteiger charge is 2.56. The van der Waals surface area contributed by atoms with E-state index in [9.17, 15) is 0 Å². The van der Waals surface area contributed by atoms with Gasteiger partial charge in [0.1, 0.15) is 5.00 Å². The summed E-state index contributed by atoms with van der Waals surface area (Å²) in [4.78, 5) is 6.22. The maximum Gasteiger partial charge on any atom is 0.165 e. The molecule has 2 bridgehead atoms. The molecule has 1 aliphatic heterocycles. The van der Waals surface area contributed by atoms with Crippen LogP contribution in [-0.2, 0) is 4.84 Å². The predicted octanol–water partition coefficient (Wildman–Crippen LogP) is 4.67. The topological polar surface area (TPSA) is 27.7 Å². The number of hydrogen-bond donors (Lipinski definition) is 1. The first-order valence-electron chi connectivity index (χ1n) is 8.33. The quantitative estimate of drug-likeness (QED) is 0.761. The van der Waals surface area contributed by atoms with Crippen molar-refractivity contribution < 1.29 is 4.84 Å². The Morgan fingerprint density at radius 3 is 2.83 bits per heavy atom. The summed E-state index contributed by atoms with van der Waals surface area (Å²) in [7, 11) is 2.17. The Kier molecular flexibility index (Phi) is 3.29. The van der Waals surface area contributed by atoms with E-state index in [-0.39, 0.29) is 5.72 Å². The molecule has 4 fully saturated rings. The molecule has 1 N–H and O–H groups in total. The summed E-state index contributed by atoms with van der Waals surface area (Å²) in [5, 5.41) is 6.84. The molecule has 4 nitrogen and oxygen atoms in total. The molecule has 0 amide bonds. The molecule has 1 unspecified atom stereocenters. The molecule has 2 heterocycles. The Labute approximate surface area is 148 Å². The van der Waals surface area contributed by atoms with Crippen molar-refractivity contribution in [3.05, 3.63) is 28.7 Å². The third kappa shape index (κ3) is 2.05. The SMILES string of the molecule is CN1N(c2cc3cccc(Br)c3s2)NOC12CC1CCC2CC1. The van der Waals surface area contributed by atoms with Crippen LogP contribution in [0.4, 0.5) is 5.00 Å². The summed E-state index contributed by atoms with van der Waals surface area (Å²) in [5.74, 6) is 1.46. The molecule has 1 saturated heterocycles. The van der Waals surface area contributed by atoms with Gasteiger partial charge in [-0.2, -0.15) is 5.01 Å². The molecule has 3 aliphatic carbocycles. The number of thiophene rings is 1. The summed E-state index contributed by atoms with van der Waals surface area (Å²) < 4.78 is 2.43. The van der Waals surface area contributed by atoms with Crippen LogP contribution >= 0.6 is 27.3 Å². The highest BCUT2D eigenvalue weighted by Crippen LogP contribution is 2.52. The number of anilines is 1. The van der Waals surface area contributed by atoms with Gasteiger partial charge >= 0.3 is 0 Å². The van der Waals surface area contributed by atoms with Crippen LogP contribution in [0.1, 0.15) is 32.1 Å². The monoisotopic (exact) mass is 393 g/mol. The molecule has 2 aromatic rings. The van der Waals surface area contributed by atoms with Gasteiger partial charge in [0.05, 0.1) is 4.70 Å². The lowest BCUT2D eigenvalue weighted by Crippen LogP contribution is -2.58. The number of nitrogens with one attached hydrogen (secondary N) is 1. The van der Waals surface area contributed by atoms with E-state index in [4.69, 9.17) is 4.84 Å². The highest BCUT2D eigenvalue weighted by molar-refractivity contribution is 9.10. The Morgan fingerprint density at radius 2 is 2.13 bits per heavy atom. The molecule has 6 heteroatoms. The maximum atomic E-state index is 6.22. The Hall–Kier alpha value is -0.660. The molecule has 4 aliphatic rings. The number of hydrazine groups is 2. The van der Waals surface area contributed by atoms with Crippen LogP contribution in [0.3, 0.4) is 0 Å². The Balaban J connectivity index is 1.51. The number of hydrogen-bond acceptors (Lipinski definition) is 5. The van der Waals surface area contributed by atoms with Crippen molar-refractivity contribution >= 4 is 42.4 Å². The van der Waals surface area contributed by atoms with Crippen LogP contribution < -0.4 is 10.7 Å². The highest BCUT2D eigenvalue weighted by atomic mass is 79.9. The Bertz CT molecular complexity index is 757. The first kappa shape index (κ1) is 14.7. The zero-order valence-corrected chi connectivity index (χ0v) is 15.5. The molecular formula is C17H20BrN3OS. The third-order valence-electron chi connectivity index (χ3n) is 5.91. The standard InChI is InChI=1S/C17H20BrN3OS/c1-20-17(10-11-5-7-13(17)8-6-11)22-19-21(20)15-9-12-3-2-4-14(18)16(12)23-15/h2-4,9,11,13,19H,5-8,10H2,1H3. The predicted molar refractivity (Wildman–Crippen MR) is 96.8 cm³/mol. The van der Waals surface area contributed by atoms with E-state index in [1.54, 1.807) is 11.3 Å². The fraction of sp³-hybridized carbons (Fsp3) is 0.529. The van der Waals surface area contributed by atoms with Gasteiger partial charge in [-0.3, -0.25) is 4.84 Å². The van der Waals surface area contributed by atoms with Gasteiger partial charge in [0.15, 0.2) is 5.72 Å². The summed E-state index contributed by atoms with van der Waals surface area (Å²) in [5.41, 5.74) is 3.04. The number of benzene rings is 1. The van der Waals surface area contributed by atoms with Gasteiger partial charge in [-0.15, -0.1) is 11.3 Å². The van der Waals surface area contributed by atoms with Crippen molar-refractivity contribution in [1.29, 1.82) is 0 Å². The van der Waals surface area contributed by atoms with Gasteiger partial charge in [-0.25, -0.2) is 5.12 Å². The molecule has 122 valence electrons. The van der Waals surface area contributed by atoms with Crippen molar-refractivity contribution in [2.24, 2.45) is 11.8 Å². The maximum absolute atomic E-state index is 6.22. The second-order valence-corrected chi connectivity index (χ2v) is 8.92. The van der Waals surface area contributed by atoms with Crippen LogP contribution in [0.25, 0.3) is 10.1 Å². The van der Waals surface area contributed by atoms with Gasteiger partial charge < -0.3 is 0 Å². The first-order valence-corrected chi connectivity index (χ1v) is 9.94. The van der Waals surface area contributed by atoms with Crippen LogP contribution in [0.15, 0.2) is 28.7 Å². The number of fused-ring (bicyclic) bond motifs is 3. The second kappa shape index (κ2) is 5.17. The minimum absolute atomic E-state index is 0.158. The average molecular weight is 394 g/mol. The minimum Gasteiger partial charge on any atom is -0.256 e. The zero-order chi connectivity index (χ0) is 15.6. The van der Waals surface area contributed by atoms with E-state index < -0.39 is 0 Å². The normalized spacial score (nSPS) is 34.1. The number of rotatable bonds is 1. The van der Waals surface area contributed by atoms with Gasteiger partial charge in [-0.1, -0.05) is 17.7 Å². The van der Waals surface area contributed by atoms with Crippen molar-refractivity contribution in [1.82, 2.24) is 10.6 Å². The summed E-state index contributed by atoms with van der Waals surface area (Å²) in [6, 6.07) is 8.58. The Morgan fingerprint density at radius 1 is 1.30 bits per heavy atom. The second-order valence-electron chi connectivity index (χ2n) is 7.04. The molecule has 1 aromatic carbocycles. The van der Waals surface area contributed by atoms with Crippen molar-refractivity contribution in [3.63, 3.8) is 0 Å². The summed E-state index contributed by atoms with van der Waals surface area (Å²) >= 11 is 5.44. The van der Waals surface area contributed by atoms with E-state index in [2.05, 4.69) is 63.0 Å². The molecular weight excluding hydrogens is 374 g/mol. The minimum atomic E-state index is -0.158. The van der Waals surface area contributed by atoms with E-state index >= 15 is 0 Å². The largest absolute Gasteiger partial charge is 0.256 e. The number of halogens is 1. The number of nitrogens with zero attached hydrogens (tertiary/aromatic N) is 2. The smallest absolute Gasteiger partial charge is 0.165 e. The average Bonchev–Trinajstić information content (AvgIpc) is 3.13. The van der Waals surface area contributed by atoms with Crippen LogP contribution in [0.5, 0.6) is 0 Å². The molecule has 6 rings (SSSR count). The van der Waals surface area contributed by atoms with Crippen LogP contribution in [0, 0.1) is 11.8 Å².